The van der Waals surface area contributed by atoms with Crippen molar-refractivity contribution >= 4 is 5.97 Å². The first-order valence-corrected chi connectivity index (χ1v) is 6.67. The smallest absolute Gasteiger partial charge is 0.307 e. The quantitative estimate of drug-likeness (QED) is 0.893. The molecule has 0 fully saturated rings. The molecule has 0 spiro atoms. The summed E-state index contributed by atoms with van der Waals surface area (Å²) in [6.07, 6.45) is 3.78. The summed E-state index contributed by atoms with van der Waals surface area (Å²) >= 11 is 0. The lowest BCUT2D eigenvalue weighted by Crippen LogP contribution is -2.25. The summed E-state index contributed by atoms with van der Waals surface area (Å²) in [6.45, 7) is 0.708. The van der Waals surface area contributed by atoms with Crippen molar-refractivity contribution in [3.8, 4) is 5.75 Å². The number of carbonyl (C=O) groups is 1. The number of benzene rings is 1. The minimum absolute atomic E-state index is 0.248. The number of aromatic hydroxyl groups is 1. The molecule has 5 nitrogen and oxygen atoms in total. The summed E-state index contributed by atoms with van der Waals surface area (Å²) in [7, 11) is 0. The number of aromatic nitrogens is 2. The zero-order valence-corrected chi connectivity index (χ0v) is 11.0. The number of phenols is 1. The molecule has 0 amide bonds. The van der Waals surface area contributed by atoms with Crippen molar-refractivity contribution in [2.24, 2.45) is 5.92 Å². The Morgan fingerprint density at radius 3 is 3.05 bits per heavy atom. The fourth-order valence-corrected chi connectivity index (χ4v) is 2.66. The first-order valence-electron chi connectivity index (χ1n) is 6.67. The van der Waals surface area contributed by atoms with E-state index < -0.39 is 5.97 Å². The van der Waals surface area contributed by atoms with E-state index in [1.54, 1.807) is 18.2 Å². The fourth-order valence-electron chi connectivity index (χ4n) is 2.66. The van der Waals surface area contributed by atoms with Crippen LogP contribution < -0.4 is 0 Å². The highest BCUT2D eigenvalue weighted by atomic mass is 16.4. The van der Waals surface area contributed by atoms with Crippen LogP contribution >= 0.6 is 0 Å². The van der Waals surface area contributed by atoms with Gasteiger partial charge in [-0.2, -0.15) is 0 Å². The highest BCUT2D eigenvalue weighted by Crippen LogP contribution is 2.22. The molecule has 0 saturated heterocycles. The van der Waals surface area contributed by atoms with Crippen molar-refractivity contribution in [1.29, 1.82) is 0 Å². The molecule has 5 heteroatoms. The first kappa shape index (κ1) is 12.7. The Labute approximate surface area is 116 Å². The predicted octanol–water partition coefficient (Wildman–Crippen LogP) is 1.83. The second kappa shape index (κ2) is 5.00. The van der Waals surface area contributed by atoms with E-state index in [9.17, 15) is 9.90 Å². The summed E-state index contributed by atoms with van der Waals surface area (Å²) in [4.78, 5) is 15.6. The average molecular weight is 272 g/mol. The Morgan fingerprint density at radius 1 is 1.45 bits per heavy atom. The van der Waals surface area contributed by atoms with E-state index in [-0.39, 0.29) is 11.7 Å². The Bertz CT molecular complexity index is 648. The van der Waals surface area contributed by atoms with Gasteiger partial charge < -0.3 is 14.8 Å². The Hall–Kier alpha value is -2.30. The van der Waals surface area contributed by atoms with Crippen LogP contribution in [0.25, 0.3) is 0 Å². The van der Waals surface area contributed by atoms with Crippen LogP contribution in [-0.4, -0.2) is 25.7 Å². The van der Waals surface area contributed by atoms with E-state index in [2.05, 4.69) is 4.98 Å². The van der Waals surface area contributed by atoms with E-state index in [0.29, 0.717) is 25.8 Å². The van der Waals surface area contributed by atoms with Gasteiger partial charge in [-0.1, -0.05) is 12.1 Å². The number of rotatable bonds is 3. The van der Waals surface area contributed by atoms with Crippen molar-refractivity contribution in [3.05, 3.63) is 47.5 Å². The molecule has 104 valence electrons. The number of hydrogen-bond acceptors (Lipinski definition) is 3. The Balaban J connectivity index is 1.79. The summed E-state index contributed by atoms with van der Waals surface area (Å²) in [6, 6.07) is 7.11. The van der Waals surface area contributed by atoms with Crippen molar-refractivity contribution in [2.45, 2.75) is 25.8 Å². The van der Waals surface area contributed by atoms with Gasteiger partial charge >= 0.3 is 5.97 Å². The van der Waals surface area contributed by atoms with Gasteiger partial charge in [0.2, 0.25) is 0 Å². The van der Waals surface area contributed by atoms with E-state index in [4.69, 9.17) is 5.11 Å². The maximum Gasteiger partial charge on any atom is 0.307 e. The molecule has 2 N–H and O–H groups in total. The molecule has 3 rings (SSSR count). The molecular weight excluding hydrogens is 256 g/mol. The molecule has 0 bridgehead atoms. The zero-order valence-electron chi connectivity index (χ0n) is 11.0. The molecular formula is C15H16N2O3. The lowest BCUT2D eigenvalue weighted by Gasteiger charge is -2.19. The maximum absolute atomic E-state index is 11.0. The van der Waals surface area contributed by atoms with Crippen LogP contribution in [0.2, 0.25) is 0 Å². The molecule has 1 atom stereocenters. The third-order valence-electron chi connectivity index (χ3n) is 3.70. The van der Waals surface area contributed by atoms with Crippen LogP contribution in [0.4, 0.5) is 0 Å². The van der Waals surface area contributed by atoms with Gasteiger partial charge in [-0.15, -0.1) is 0 Å². The molecule has 1 aromatic carbocycles. The number of aryl methyl sites for hydroxylation is 1. The lowest BCUT2D eigenvalue weighted by atomic mass is 9.98. The van der Waals surface area contributed by atoms with Crippen molar-refractivity contribution < 1.29 is 15.0 Å². The van der Waals surface area contributed by atoms with Gasteiger partial charge in [0.15, 0.2) is 0 Å². The summed E-state index contributed by atoms with van der Waals surface area (Å²) < 4.78 is 2.04. The van der Waals surface area contributed by atoms with Gasteiger partial charge in [0.05, 0.1) is 11.6 Å². The van der Waals surface area contributed by atoms with Crippen molar-refractivity contribution in [1.82, 2.24) is 9.55 Å². The number of imidazole rings is 1. The molecule has 0 aliphatic carbocycles. The van der Waals surface area contributed by atoms with E-state index >= 15 is 0 Å². The Kier molecular flexibility index (Phi) is 3.18. The molecule has 1 aliphatic heterocycles. The predicted molar refractivity (Wildman–Crippen MR) is 72.6 cm³/mol. The number of phenolic OH excluding ortho intramolecular Hbond substituents is 1. The van der Waals surface area contributed by atoms with Gasteiger partial charge in [0.25, 0.3) is 0 Å². The monoisotopic (exact) mass is 272 g/mol. The van der Waals surface area contributed by atoms with Crippen LogP contribution in [0.3, 0.4) is 0 Å². The molecule has 20 heavy (non-hydrogen) atoms. The molecule has 0 saturated carbocycles. The van der Waals surface area contributed by atoms with Crippen LogP contribution in [0.15, 0.2) is 30.5 Å². The third-order valence-corrected chi connectivity index (χ3v) is 3.70. The number of carboxylic acid groups (broad SMARTS) is 1. The molecule has 1 aliphatic rings. The van der Waals surface area contributed by atoms with Gasteiger partial charge in [-0.05, 0) is 24.1 Å². The largest absolute Gasteiger partial charge is 0.508 e. The van der Waals surface area contributed by atoms with Gasteiger partial charge in [-0.3, -0.25) is 4.79 Å². The summed E-state index contributed by atoms with van der Waals surface area (Å²) in [5.74, 6) is 0.0310. The van der Waals surface area contributed by atoms with Gasteiger partial charge in [0, 0.05) is 25.6 Å². The third kappa shape index (κ3) is 2.52. The number of carboxylic acids is 1. The first-order chi connectivity index (χ1) is 9.61. The topological polar surface area (TPSA) is 75.3 Å². The lowest BCUT2D eigenvalue weighted by molar-refractivity contribution is -0.142. The van der Waals surface area contributed by atoms with Gasteiger partial charge in [0.1, 0.15) is 11.6 Å². The molecule has 1 unspecified atom stereocenters. The highest BCUT2D eigenvalue weighted by Gasteiger charge is 2.25. The van der Waals surface area contributed by atoms with Crippen molar-refractivity contribution in [2.75, 3.05) is 0 Å². The normalized spacial score (nSPS) is 17.7. The Morgan fingerprint density at radius 2 is 2.30 bits per heavy atom. The maximum atomic E-state index is 11.0. The molecule has 2 heterocycles. The molecule has 0 radical (unpaired) electrons. The highest BCUT2D eigenvalue weighted by molar-refractivity contribution is 5.70. The second-order valence-corrected chi connectivity index (χ2v) is 5.22. The minimum atomic E-state index is -0.742. The van der Waals surface area contributed by atoms with Crippen LogP contribution in [-0.2, 0) is 24.2 Å². The van der Waals surface area contributed by atoms with Crippen LogP contribution in [0.1, 0.15) is 23.5 Å². The molecule has 1 aromatic heterocycles. The SMILES string of the molecule is O=C(O)C1CCn2cc(Cc3cccc(O)c3)nc2C1. The van der Waals surface area contributed by atoms with Crippen LogP contribution in [0, 0.1) is 5.92 Å². The molecule has 2 aromatic rings. The van der Waals surface area contributed by atoms with Crippen LogP contribution in [0.5, 0.6) is 5.75 Å². The summed E-state index contributed by atoms with van der Waals surface area (Å²) in [5.41, 5.74) is 1.91. The number of nitrogens with zero attached hydrogens (tertiary/aromatic N) is 2. The standard InChI is InChI=1S/C15H16N2O3/c18-13-3-1-2-10(7-13)6-12-9-17-5-4-11(15(19)20)8-14(17)16-12/h1-3,7,9,11,18H,4-6,8H2,(H,19,20). The number of fused-ring (bicyclic) bond motifs is 1. The number of aliphatic carboxylic acids is 1. The second-order valence-electron chi connectivity index (χ2n) is 5.22. The van der Waals surface area contributed by atoms with Gasteiger partial charge in [-0.25, -0.2) is 4.98 Å². The van der Waals surface area contributed by atoms with E-state index in [0.717, 1.165) is 17.1 Å². The minimum Gasteiger partial charge on any atom is -0.508 e. The average Bonchev–Trinajstić information content (AvgIpc) is 2.79. The number of hydrogen-bond donors (Lipinski definition) is 2. The van der Waals surface area contributed by atoms with E-state index in [1.807, 2.05) is 16.8 Å². The summed E-state index contributed by atoms with van der Waals surface area (Å²) in [5, 5.41) is 18.5. The fraction of sp³-hybridized carbons (Fsp3) is 0.333. The van der Waals surface area contributed by atoms with Crippen molar-refractivity contribution in [3.63, 3.8) is 0 Å². The zero-order chi connectivity index (χ0) is 14.1. The van der Waals surface area contributed by atoms with E-state index in [1.165, 1.54) is 0 Å².